The van der Waals surface area contributed by atoms with Crippen molar-refractivity contribution in [2.45, 2.75) is 26.4 Å². The number of nitrogens with zero attached hydrogens (tertiary/aromatic N) is 1. The molecule has 2 rings (SSSR count). The van der Waals surface area contributed by atoms with Crippen LogP contribution in [0.15, 0.2) is 23.1 Å². The highest BCUT2D eigenvalue weighted by molar-refractivity contribution is 8.18. The number of aliphatic carboxylic acids is 1. The first-order chi connectivity index (χ1) is 11.9. The van der Waals surface area contributed by atoms with Crippen LogP contribution in [0.25, 0.3) is 6.08 Å². The number of carboxylic acids is 1. The van der Waals surface area contributed by atoms with Crippen molar-refractivity contribution in [3.05, 3.63) is 28.7 Å². The standard InChI is InChI=1S/C17H19NO6S/c1-4-7-18-15(19)14(25-17(18)22)9-11-5-6-12(13(8-11)23-3)24-10(2)16(20)21/h5-6,8-10H,4,7H2,1-3H3,(H,20,21)/b14-9-/t10-/m1/s1. The molecule has 1 heterocycles. The van der Waals surface area contributed by atoms with Crippen molar-refractivity contribution in [1.29, 1.82) is 0 Å². The van der Waals surface area contributed by atoms with E-state index in [1.807, 2.05) is 6.92 Å². The molecule has 8 heteroatoms. The molecule has 1 atom stereocenters. The first-order valence-electron chi connectivity index (χ1n) is 7.70. The second kappa shape index (κ2) is 8.06. The summed E-state index contributed by atoms with van der Waals surface area (Å²) in [5, 5.41) is 8.64. The average molecular weight is 365 g/mol. The number of amides is 2. The van der Waals surface area contributed by atoms with Crippen LogP contribution in [0.4, 0.5) is 4.79 Å². The zero-order valence-corrected chi connectivity index (χ0v) is 15.0. The van der Waals surface area contributed by atoms with Gasteiger partial charge in [0.15, 0.2) is 17.6 Å². The lowest BCUT2D eigenvalue weighted by Gasteiger charge is -2.14. The van der Waals surface area contributed by atoms with Crippen LogP contribution in [0.5, 0.6) is 11.5 Å². The number of carbonyl (C=O) groups is 3. The topological polar surface area (TPSA) is 93.1 Å². The Labute approximate surface area is 149 Å². The molecule has 0 aromatic heterocycles. The van der Waals surface area contributed by atoms with Gasteiger partial charge in [0.25, 0.3) is 11.1 Å². The molecule has 0 radical (unpaired) electrons. The highest BCUT2D eigenvalue weighted by Gasteiger charge is 2.34. The summed E-state index contributed by atoms with van der Waals surface area (Å²) in [6.07, 6.45) is 1.28. The van der Waals surface area contributed by atoms with E-state index in [1.54, 1.807) is 24.3 Å². The Hall–Kier alpha value is -2.48. The molecule has 0 saturated carbocycles. The summed E-state index contributed by atoms with van der Waals surface area (Å²) in [5.74, 6) is -0.769. The molecule has 25 heavy (non-hydrogen) atoms. The Kier molecular flexibility index (Phi) is 6.08. The van der Waals surface area contributed by atoms with Gasteiger partial charge in [-0.3, -0.25) is 14.5 Å². The van der Waals surface area contributed by atoms with Crippen LogP contribution in [-0.4, -0.2) is 46.9 Å². The molecular weight excluding hydrogens is 346 g/mol. The number of thioether (sulfide) groups is 1. The van der Waals surface area contributed by atoms with Crippen LogP contribution in [0.2, 0.25) is 0 Å². The summed E-state index contributed by atoms with van der Waals surface area (Å²) in [7, 11) is 1.44. The number of carbonyl (C=O) groups excluding carboxylic acids is 2. The normalized spacial score (nSPS) is 17.1. The second-order valence-corrected chi connectivity index (χ2v) is 6.34. The lowest BCUT2D eigenvalue weighted by Crippen LogP contribution is -2.28. The van der Waals surface area contributed by atoms with E-state index in [-0.39, 0.29) is 16.9 Å². The van der Waals surface area contributed by atoms with Crippen molar-refractivity contribution in [2.24, 2.45) is 0 Å². The third kappa shape index (κ3) is 4.33. The van der Waals surface area contributed by atoms with Crippen molar-refractivity contribution in [1.82, 2.24) is 4.90 Å². The van der Waals surface area contributed by atoms with Crippen LogP contribution in [0.1, 0.15) is 25.8 Å². The Morgan fingerprint density at radius 1 is 1.36 bits per heavy atom. The van der Waals surface area contributed by atoms with Crippen molar-refractivity contribution in [3.63, 3.8) is 0 Å². The van der Waals surface area contributed by atoms with E-state index >= 15 is 0 Å². The van der Waals surface area contributed by atoms with Crippen molar-refractivity contribution in [3.8, 4) is 11.5 Å². The summed E-state index contributed by atoms with van der Waals surface area (Å²) in [6.45, 7) is 3.71. The number of hydrogen-bond donors (Lipinski definition) is 1. The monoisotopic (exact) mass is 365 g/mol. The van der Waals surface area contributed by atoms with Gasteiger partial charge in [-0.1, -0.05) is 13.0 Å². The zero-order valence-electron chi connectivity index (χ0n) is 14.1. The fourth-order valence-corrected chi connectivity index (χ4v) is 3.04. The molecular formula is C17H19NO6S. The molecule has 1 N–H and O–H groups in total. The SMILES string of the molecule is CCCN1C(=O)S/C(=C\c2ccc(O[C@H](C)C(=O)O)c(OC)c2)C1=O. The van der Waals surface area contributed by atoms with Gasteiger partial charge in [-0.15, -0.1) is 0 Å². The molecule has 0 aliphatic carbocycles. The summed E-state index contributed by atoms with van der Waals surface area (Å²) in [5.41, 5.74) is 0.647. The molecule has 0 spiro atoms. The molecule has 0 bridgehead atoms. The van der Waals surface area contributed by atoms with Crippen LogP contribution in [0.3, 0.4) is 0 Å². The van der Waals surface area contributed by atoms with E-state index in [4.69, 9.17) is 14.6 Å². The number of benzene rings is 1. The third-order valence-corrected chi connectivity index (χ3v) is 4.37. The molecule has 7 nitrogen and oxygen atoms in total. The zero-order chi connectivity index (χ0) is 18.6. The maximum atomic E-state index is 12.2. The summed E-state index contributed by atoms with van der Waals surface area (Å²) in [6, 6.07) is 4.86. The molecule has 1 saturated heterocycles. The molecule has 2 amide bonds. The summed E-state index contributed by atoms with van der Waals surface area (Å²) < 4.78 is 10.6. The van der Waals surface area contributed by atoms with E-state index < -0.39 is 12.1 Å². The van der Waals surface area contributed by atoms with Crippen molar-refractivity contribution >= 4 is 35.0 Å². The summed E-state index contributed by atoms with van der Waals surface area (Å²) >= 11 is 0.898. The van der Waals surface area contributed by atoms with Crippen molar-refractivity contribution < 1.29 is 29.0 Å². The average Bonchev–Trinajstić information content (AvgIpc) is 2.83. The van der Waals surface area contributed by atoms with Crippen LogP contribution < -0.4 is 9.47 Å². The first kappa shape index (κ1) is 18.9. The fourth-order valence-electron chi connectivity index (χ4n) is 2.18. The van der Waals surface area contributed by atoms with Crippen molar-refractivity contribution in [2.75, 3.05) is 13.7 Å². The van der Waals surface area contributed by atoms with Crippen LogP contribution in [-0.2, 0) is 9.59 Å². The van der Waals surface area contributed by atoms with Gasteiger partial charge in [0.1, 0.15) is 0 Å². The van der Waals surface area contributed by atoms with Crippen LogP contribution >= 0.6 is 11.8 Å². The minimum absolute atomic E-state index is 0.277. The number of imide groups is 1. The Bertz CT molecular complexity index is 730. The second-order valence-electron chi connectivity index (χ2n) is 5.34. The van der Waals surface area contributed by atoms with E-state index in [9.17, 15) is 14.4 Å². The third-order valence-electron chi connectivity index (χ3n) is 3.46. The largest absolute Gasteiger partial charge is 0.493 e. The number of rotatable bonds is 7. The highest BCUT2D eigenvalue weighted by atomic mass is 32.2. The fraction of sp³-hybridized carbons (Fsp3) is 0.353. The molecule has 0 unspecified atom stereocenters. The lowest BCUT2D eigenvalue weighted by atomic mass is 10.1. The number of ether oxygens (including phenoxy) is 2. The lowest BCUT2D eigenvalue weighted by molar-refractivity contribution is -0.144. The van der Waals surface area contributed by atoms with Gasteiger partial charge in [-0.2, -0.15) is 0 Å². The molecule has 1 aromatic rings. The maximum Gasteiger partial charge on any atom is 0.344 e. The molecule has 1 aliphatic rings. The molecule has 1 aromatic carbocycles. The van der Waals surface area contributed by atoms with E-state index in [0.29, 0.717) is 29.2 Å². The maximum absolute atomic E-state index is 12.2. The van der Waals surface area contributed by atoms with Gasteiger partial charge in [-0.25, -0.2) is 4.79 Å². The van der Waals surface area contributed by atoms with Gasteiger partial charge < -0.3 is 14.6 Å². The Morgan fingerprint density at radius 3 is 2.68 bits per heavy atom. The van der Waals surface area contributed by atoms with Gasteiger partial charge >= 0.3 is 5.97 Å². The Balaban J connectivity index is 2.25. The Morgan fingerprint density at radius 2 is 2.08 bits per heavy atom. The minimum atomic E-state index is -1.09. The van der Waals surface area contributed by atoms with E-state index in [1.165, 1.54) is 18.9 Å². The van der Waals surface area contributed by atoms with Gasteiger partial charge in [0, 0.05) is 6.54 Å². The molecule has 1 fully saturated rings. The van der Waals surface area contributed by atoms with E-state index in [0.717, 1.165) is 11.8 Å². The highest BCUT2D eigenvalue weighted by Crippen LogP contribution is 2.34. The van der Waals surface area contributed by atoms with Gasteiger partial charge in [-0.05, 0) is 48.9 Å². The minimum Gasteiger partial charge on any atom is -0.493 e. The predicted molar refractivity (Wildman–Crippen MR) is 93.7 cm³/mol. The van der Waals surface area contributed by atoms with Gasteiger partial charge in [0.05, 0.1) is 12.0 Å². The number of carboxylic acid groups (broad SMARTS) is 1. The molecule has 134 valence electrons. The number of hydrogen-bond acceptors (Lipinski definition) is 6. The van der Waals surface area contributed by atoms with Gasteiger partial charge in [0.2, 0.25) is 0 Å². The van der Waals surface area contributed by atoms with E-state index in [2.05, 4.69) is 0 Å². The summed E-state index contributed by atoms with van der Waals surface area (Å²) in [4.78, 5) is 36.6. The quantitative estimate of drug-likeness (QED) is 0.742. The number of methoxy groups -OCH3 is 1. The smallest absolute Gasteiger partial charge is 0.344 e. The predicted octanol–water partition coefficient (Wildman–Crippen LogP) is 2.99. The first-order valence-corrected chi connectivity index (χ1v) is 8.51. The van der Waals surface area contributed by atoms with Crippen LogP contribution in [0, 0.1) is 0 Å². The molecule has 1 aliphatic heterocycles.